The Kier molecular flexibility index (Phi) is 4.12. The van der Waals surface area contributed by atoms with Gasteiger partial charge in [0.1, 0.15) is 0 Å². The number of anilines is 1. The first-order chi connectivity index (χ1) is 8.99. The number of hydrogen-bond acceptors (Lipinski definition) is 3. The molecule has 0 atom stereocenters. The summed E-state index contributed by atoms with van der Waals surface area (Å²) in [5, 5.41) is 0.520. The molecule has 3 nitrogen and oxygen atoms in total. The number of halogens is 1. The van der Waals surface area contributed by atoms with Gasteiger partial charge >= 0.3 is 0 Å². The minimum Gasteiger partial charge on any atom is -0.399 e. The molecule has 0 saturated heterocycles. The lowest BCUT2D eigenvalue weighted by molar-refractivity contribution is 0.595. The van der Waals surface area contributed by atoms with Gasteiger partial charge in [-0.25, -0.2) is 8.42 Å². The average molecular weight is 296 g/mol. The maximum atomic E-state index is 12.1. The maximum absolute atomic E-state index is 12.1. The summed E-state index contributed by atoms with van der Waals surface area (Å²) in [6, 6.07) is 13.5. The largest absolute Gasteiger partial charge is 0.399 e. The van der Waals surface area contributed by atoms with E-state index in [1.165, 1.54) is 12.1 Å². The summed E-state index contributed by atoms with van der Waals surface area (Å²) in [5.74, 6) is 0.0306. The van der Waals surface area contributed by atoms with Crippen molar-refractivity contribution in [3.8, 4) is 0 Å². The van der Waals surface area contributed by atoms with Gasteiger partial charge in [0.15, 0.2) is 9.84 Å². The lowest BCUT2D eigenvalue weighted by Gasteiger charge is -2.07. The highest BCUT2D eigenvalue weighted by Crippen LogP contribution is 2.18. The molecule has 0 aromatic heterocycles. The van der Waals surface area contributed by atoms with Gasteiger partial charge in [0.2, 0.25) is 0 Å². The van der Waals surface area contributed by atoms with Crippen LogP contribution in [0, 0.1) is 0 Å². The number of sulfone groups is 1. The van der Waals surface area contributed by atoms with E-state index in [9.17, 15) is 8.42 Å². The van der Waals surface area contributed by atoms with Gasteiger partial charge in [0, 0.05) is 10.7 Å². The third-order valence-corrected chi connectivity index (χ3v) is 4.85. The fourth-order valence-corrected chi connectivity index (χ4v) is 3.17. The molecule has 0 aliphatic rings. The van der Waals surface area contributed by atoms with Gasteiger partial charge in [-0.3, -0.25) is 0 Å². The zero-order valence-electron chi connectivity index (χ0n) is 10.2. The average Bonchev–Trinajstić information content (AvgIpc) is 2.38. The summed E-state index contributed by atoms with van der Waals surface area (Å²) >= 11 is 5.74. The van der Waals surface area contributed by atoms with Crippen molar-refractivity contribution in [1.82, 2.24) is 0 Å². The molecule has 100 valence electrons. The molecule has 2 aromatic carbocycles. The molecule has 0 saturated carbocycles. The van der Waals surface area contributed by atoms with Gasteiger partial charge in [0.25, 0.3) is 0 Å². The van der Waals surface area contributed by atoms with Crippen LogP contribution in [0.3, 0.4) is 0 Å². The summed E-state index contributed by atoms with van der Waals surface area (Å²) in [6.07, 6.45) is 0.400. The van der Waals surface area contributed by atoms with E-state index >= 15 is 0 Å². The first-order valence-electron chi connectivity index (χ1n) is 5.81. The number of nitrogens with two attached hydrogens (primary N) is 1. The molecule has 0 unspecified atom stereocenters. The van der Waals surface area contributed by atoms with E-state index in [0.717, 1.165) is 5.56 Å². The van der Waals surface area contributed by atoms with E-state index in [4.69, 9.17) is 17.3 Å². The Morgan fingerprint density at radius 3 is 2.26 bits per heavy atom. The van der Waals surface area contributed by atoms with Crippen molar-refractivity contribution in [3.05, 3.63) is 59.1 Å². The number of nitrogen functional groups attached to an aromatic ring is 1. The monoisotopic (exact) mass is 295 g/mol. The zero-order chi connectivity index (χ0) is 13.9. The Morgan fingerprint density at radius 2 is 1.63 bits per heavy atom. The zero-order valence-corrected chi connectivity index (χ0v) is 11.8. The van der Waals surface area contributed by atoms with Gasteiger partial charge in [-0.05, 0) is 42.3 Å². The lowest BCUT2D eigenvalue weighted by atomic mass is 10.1. The minimum absolute atomic E-state index is 0.0306. The fourth-order valence-electron chi connectivity index (χ4n) is 1.77. The molecule has 5 heteroatoms. The van der Waals surface area contributed by atoms with E-state index in [-0.39, 0.29) is 10.6 Å². The molecule has 0 heterocycles. The molecular formula is C14H14ClNO2S. The van der Waals surface area contributed by atoms with Gasteiger partial charge < -0.3 is 5.73 Å². The van der Waals surface area contributed by atoms with E-state index in [0.29, 0.717) is 17.1 Å². The van der Waals surface area contributed by atoms with Crippen LogP contribution in [0.5, 0.6) is 0 Å². The Labute approximate surface area is 117 Å². The summed E-state index contributed by atoms with van der Waals surface area (Å²) < 4.78 is 24.3. The van der Waals surface area contributed by atoms with Gasteiger partial charge in [-0.2, -0.15) is 0 Å². The predicted molar refractivity (Wildman–Crippen MR) is 78.1 cm³/mol. The standard InChI is InChI=1S/C14H14ClNO2S/c15-12-5-7-13(8-6-12)19(17,18)10-9-11-3-1-2-4-14(11)16/h1-8H,9-10,16H2. The van der Waals surface area contributed by atoms with E-state index < -0.39 is 9.84 Å². The van der Waals surface area contributed by atoms with Crippen LogP contribution < -0.4 is 5.73 Å². The van der Waals surface area contributed by atoms with Crippen LogP contribution in [-0.2, 0) is 16.3 Å². The molecule has 0 amide bonds. The smallest absolute Gasteiger partial charge is 0.178 e. The van der Waals surface area contributed by atoms with Crippen molar-refractivity contribution in [2.24, 2.45) is 0 Å². The Bertz CT molecular complexity index is 666. The Morgan fingerprint density at radius 1 is 1.00 bits per heavy atom. The summed E-state index contributed by atoms with van der Waals surface area (Å²) in [7, 11) is -3.31. The number of para-hydroxylation sites is 1. The van der Waals surface area contributed by atoms with Crippen LogP contribution in [0.15, 0.2) is 53.4 Å². The highest BCUT2D eigenvalue weighted by molar-refractivity contribution is 7.91. The van der Waals surface area contributed by atoms with Gasteiger partial charge in [-0.1, -0.05) is 29.8 Å². The third-order valence-electron chi connectivity index (χ3n) is 2.87. The second-order valence-electron chi connectivity index (χ2n) is 4.22. The first kappa shape index (κ1) is 13.9. The van der Waals surface area contributed by atoms with E-state index in [2.05, 4.69) is 0 Å². The molecule has 0 spiro atoms. The summed E-state index contributed by atoms with van der Waals surface area (Å²) in [6.45, 7) is 0. The van der Waals surface area contributed by atoms with Crippen molar-refractivity contribution in [2.45, 2.75) is 11.3 Å². The Balaban J connectivity index is 2.14. The maximum Gasteiger partial charge on any atom is 0.178 e. The quantitative estimate of drug-likeness (QED) is 0.882. The number of hydrogen-bond donors (Lipinski definition) is 1. The molecule has 2 N–H and O–H groups in total. The second-order valence-corrected chi connectivity index (χ2v) is 6.77. The topological polar surface area (TPSA) is 60.2 Å². The minimum atomic E-state index is -3.31. The van der Waals surface area contributed by atoms with Crippen LogP contribution >= 0.6 is 11.6 Å². The van der Waals surface area contributed by atoms with Gasteiger partial charge in [-0.15, -0.1) is 0 Å². The van der Waals surface area contributed by atoms with Crippen LogP contribution in [0.1, 0.15) is 5.56 Å². The first-order valence-corrected chi connectivity index (χ1v) is 7.84. The molecule has 0 radical (unpaired) electrons. The van der Waals surface area contributed by atoms with Crippen LogP contribution in [0.25, 0.3) is 0 Å². The van der Waals surface area contributed by atoms with Crippen molar-refractivity contribution in [1.29, 1.82) is 0 Å². The van der Waals surface area contributed by atoms with Crippen LogP contribution in [0.2, 0.25) is 5.02 Å². The van der Waals surface area contributed by atoms with Crippen molar-refractivity contribution >= 4 is 27.1 Å². The number of benzene rings is 2. The van der Waals surface area contributed by atoms with Crippen molar-refractivity contribution < 1.29 is 8.42 Å². The van der Waals surface area contributed by atoms with Crippen molar-refractivity contribution in [3.63, 3.8) is 0 Å². The van der Waals surface area contributed by atoms with Gasteiger partial charge in [0.05, 0.1) is 10.6 Å². The van der Waals surface area contributed by atoms with Crippen LogP contribution in [0.4, 0.5) is 5.69 Å². The van der Waals surface area contributed by atoms with E-state index in [1.54, 1.807) is 18.2 Å². The molecule has 19 heavy (non-hydrogen) atoms. The summed E-state index contributed by atoms with van der Waals surface area (Å²) in [4.78, 5) is 0.284. The third kappa shape index (κ3) is 3.49. The molecule has 2 aromatic rings. The molecule has 0 aliphatic heterocycles. The summed E-state index contributed by atoms with van der Waals surface area (Å²) in [5.41, 5.74) is 7.26. The molecule has 0 aliphatic carbocycles. The fraction of sp³-hybridized carbons (Fsp3) is 0.143. The lowest BCUT2D eigenvalue weighted by Crippen LogP contribution is -2.10. The molecule has 2 rings (SSSR count). The number of rotatable bonds is 4. The Hall–Kier alpha value is -1.52. The van der Waals surface area contributed by atoms with E-state index in [1.807, 2.05) is 18.2 Å². The highest BCUT2D eigenvalue weighted by atomic mass is 35.5. The SMILES string of the molecule is Nc1ccccc1CCS(=O)(=O)c1ccc(Cl)cc1. The molecule has 0 fully saturated rings. The highest BCUT2D eigenvalue weighted by Gasteiger charge is 2.14. The number of aryl methyl sites for hydroxylation is 1. The molecular weight excluding hydrogens is 282 g/mol. The van der Waals surface area contributed by atoms with Crippen molar-refractivity contribution in [2.75, 3.05) is 11.5 Å². The molecule has 0 bridgehead atoms. The van der Waals surface area contributed by atoms with Crippen LogP contribution in [-0.4, -0.2) is 14.2 Å². The predicted octanol–water partition coefficient (Wildman–Crippen LogP) is 2.94. The normalized spacial score (nSPS) is 11.4. The second kappa shape index (κ2) is 5.63.